The van der Waals surface area contributed by atoms with Crippen molar-refractivity contribution in [2.45, 2.75) is 57.9 Å². The minimum absolute atomic E-state index is 0.256. The van der Waals surface area contributed by atoms with Crippen LogP contribution in [0.1, 0.15) is 63.5 Å². The molecule has 0 amide bonds. The van der Waals surface area contributed by atoms with Crippen molar-refractivity contribution in [2.24, 2.45) is 5.92 Å². The Balaban J connectivity index is 2.08. The fraction of sp³-hybridized carbons (Fsp3) is 0.647. The molecule has 2 rings (SSSR count). The van der Waals surface area contributed by atoms with Gasteiger partial charge in [0.05, 0.1) is 0 Å². The van der Waals surface area contributed by atoms with Crippen LogP contribution in [-0.2, 0) is 0 Å². The predicted octanol–water partition coefficient (Wildman–Crippen LogP) is 5.49. The number of hydrogen-bond acceptors (Lipinski definition) is 1. The minimum atomic E-state index is -0.259. The van der Waals surface area contributed by atoms with Crippen LogP contribution < -0.4 is 5.32 Å². The molecule has 112 valence electrons. The molecule has 1 aromatic carbocycles. The average molecular weight is 298 g/mol. The predicted molar refractivity (Wildman–Crippen MR) is 83.6 cm³/mol. The molecular formula is C17H25ClFN. The van der Waals surface area contributed by atoms with Crippen molar-refractivity contribution in [3.05, 3.63) is 34.6 Å². The maximum Gasteiger partial charge on any atom is 0.124 e. The second kappa shape index (κ2) is 7.99. The molecule has 1 N–H and O–H groups in total. The number of halogens is 2. The summed E-state index contributed by atoms with van der Waals surface area (Å²) in [6.45, 7) is 3.14. The molecule has 0 spiro atoms. The topological polar surface area (TPSA) is 12.0 Å². The van der Waals surface area contributed by atoms with Crippen LogP contribution in [-0.4, -0.2) is 6.54 Å². The van der Waals surface area contributed by atoms with Gasteiger partial charge in [-0.25, -0.2) is 4.39 Å². The SMILES string of the molecule is CCCNC(CC1CCCCC1)c1ccc(F)cc1Cl. The van der Waals surface area contributed by atoms with Gasteiger partial charge in [0.2, 0.25) is 0 Å². The van der Waals surface area contributed by atoms with Crippen molar-refractivity contribution in [3.8, 4) is 0 Å². The normalized spacial score (nSPS) is 18.1. The van der Waals surface area contributed by atoms with Crippen molar-refractivity contribution in [1.29, 1.82) is 0 Å². The molecule has 0 bridgehead atoms. The summed E-state index contributed by atoms with van der Waals surface area (Å²) in [5.41, 5.74) is 1.05. The van der Waals surface area contributed by atoms with Gasteiger partial charge < -0.3 is 5.32 Å². The van der Waals surface area contributed by atoms with E-state index >= 15 is 0 Å². The fourth-order valence-corrected chi connectivity index (χ4v) is 3.48. The Kier molecular flexibility index (Phi) is 6.31. The number of nitrogens with one attached hydrogen (secondary N) is 1. The zero-order chi connectivity index (χ0) is 14.4. The molecule has 3 heteroatoms. The molecule has 0 aliphatic heterocycles. The lowest BCUT2D eigenvalue weighted by molar-refractivity contribution is 0.300. The van der Waals surface area contributed by atoms with Crippen molar-refractivity contribution >= 4 is 11.6 Å². The van der Waals surface area contributed by atoms with E-state index in [1.165, 1.54) is 44.2 Å². The van der Waals surface area contributed by atoms with Crippen LogP contribution in [0.25, 0.3) is 0 Å². The van der Waals surface area contributed by atoms with Crippen molar-refractivity contribution < 1.29 is 4.39 Å². The molecule has 0 saturated heterocycles. The monoisotopic (exact) mass is 297 g/mol. The Morgan fingerprint density at radius 3 is 2.70 bits per heavy atom. The van der Waals surface area contributed by atoms with E-state index in [0.29, 0.717) is 5.02 Å². The summed E-state index contributed by atoms with van der Waals surface area (Å²) in [6.07, 6.45) is 8.93. The summed E-state index contributed by atoms with van der Waals surface area (Å²) in [5, 5.41) is 4.14. The van der Waals surface area contributed by atoms with Gasteiger partial charge in [-0.1, -0.05) is 56.7 Å². The van der Waals surface area contributed by atoms with Gasteiger partial charge in [0.1, 0.15) is 5.82 Å². The summed E-state index contributed by atoms with van der Waals surface area (Å²) >= 11 is 6.24. The lowest BCUT2D eigenvalue weighted by atomic mass is 9.83. The highest BCUT2D eigenvalue weighted by molar-refractivity contribution is 6.31. The van der Waals surface area contributed by atoms with Crippen LogP contribution in [0.2, 0.25) is 5.02 Å². The molecule has 1 nitrogen and oxygen atoms in total. The molecule has 1 unspecified atom stereocenters. The van der Waals surface area contributed by atoms with E-state index in [4.69, 9.17) is 11.6 Å². The molecule has 1 aliphatic rings. The van der Waals surface area contributed by atoms with Gasteiger partial charge in [-0.05, 0) is 43.0 Å². The third-order valence-corrected chi connectivity index (χ3v) is 4.60. The molecule has 0 radical (unpaired) electrons. The first kappa shape index (κ1) is 15.8. The number of benzene rings is 1. The van der Waals surface area contributed by atoms with E-state index in [2.05, 4.69) is 12.2 Å². The van der Waals surface area contributed by atoms with E-state index < -0.39 is 0 Å². The lowest BCUT2D eigenvalue weighted by Gasteiger charge is -2.28. The first-order chi connectivity index (χ1) is 9.70. The molecule has 0 heterocycles. The van der Waals surface area contributed by atoms with Gasteiger partial charge in [-0.15, -0.1) is 0 Å². The molecule has 20 heavy (non-hydrogen) atoms. The highest BCUT2D eigenvalue weighted by Crippen LogP contribution is 2.34. The van der Waals surface area contributed by atoms with Gasteiger partial charge in [-0.2, -0.15) is 0 Å². The van der Waals surface area contributed by atoms with Gasteiger partial charge in [0.25, 0.3) is 0 Å². The first-order valence-corrected chi connectivity index (χ1v) is 8.26. The lowest BCUT2D eigenvalue weighted by Crippen LogP contribution is -2.25. The van der Waals surface area contributed by atoms with Crippen LogP contribution >= 0.6 is 11.6 Å². The Morgan fingerprint density at radius 2 is 2.05 bits per heavy atom. The maximum atomic E-state index is 13.2. The summed E-state index contributed by atoms with van der Waals surface area (Å²) < 4.78 is 13.2. The smallest absolute Gasteiger partial charge is 0.124 e. The van der Waals surface area contributed by atoms with Gasteiger partial charge >= 0.3 is 0 Å². The molecular weight excluding hydrogens is 273 g/mol. The Morgan fingerprint density at radius 1 is 1.30 bits per heavy atom. The highest BCUT2D eigenvalue weighted by Gasteiger charge is 2.21. The van der Waals surface area contributed by atoms with Crippen LogP contribution in [0, 0.1) is 11.7 Å². The molecule has 1 atom stereocenters. The highest BCUT2D eigenvalue weighted by atomic mass is 35.5. The van der Waals surface area contributed by atoms with E-state index in [0.717, 1.165) is 30.9 Å². The second-order valence-corrected chi connectivity index (χ2v) is 6.32. The van der Waals surface area contributed by atoms with Crippen molar-refractivity contribution in [1.82, 2.24) is 5.32 Å². The van der Waals surface area contributed by atoms with E-state index in [1.54, 1.807) is 0 Å². The maximum absolute atomic E-state index is 13.2. The number of rotatable bonds is 6. The Labute approximate surface area is 126 Å². The summed E-state index contributed by atoms with van der Waals surface area (Å²) in [6, 6.07) is 5.04. The van der Waals surface area contributed by atoms with Gasteiger partial charge in [0.15, 0.2) is 0 Å². The van der Waals surface area contributed by atoms with Crippen LogP contribution in [0.4, 0.5) is 4.39 Å². The fourth-order valence-electron chi connectivity index (χ4n) is 3.18. The van der Waals surface area contributed by atoms with E-state index in [1.807, 2.05) is 6.07 Å². The quantitative estimate of drug-likeness (QED) is 0.732. The zero-order valence-electron chi connectivity index (χ0n) is 12.3. The standard InChI is InChI=1S/C17H25ClFN/c1-2-10-20-17(11-13-6-4-3-5-7-13)15-9-8-14(19)12-16(15)18/h8-9,12-13,17,20H,2-7,10-11H2,1H3. The third-order valence-electron chi connectivity index (χ3n) is 4.27. The van der Waals surface area contributed by atoms with Crippen LogP contribution in [0.5, 0.6) is 0 Å². The van der Waals surface area contributed by atoms with Gasteiger partial charge in [0, 0.05) is 11.1 Å². The van der Waals surface area contributed by atoms with Crippen LogP contribution in [0.15, 0.2) is 18.2 Å². The second-order valence-electron chi connectivity index (χ2n) is 5.91. The average Bonchev–Trinajstić information content (AvgIpc) is 2.45. The Bertz CT molecular complexity index is 415. The summed E-state index contributed by atoms with van der Waals surface area (Å²) in [7, 11) is 0. The summed E-state index contributed by atoms with van der Waals surface area (Å²) in [5.74, 6) is 0.518. The molecule has 1 aliphatic carbocycles. The Hall–Kier alpha value is -0.600. The minimum Gasteiger partial charge on any atom is -0.310 e. The van der Waals surface area contributed by atoms with Gasteiger partial charge in [-0.3, -0.25) is 0 Å². The molecule has 0 aromatic heterocycles. The number of hydrogen-bond donors (Lipinski definition) is 1. The van der Waals surface area contributed by atoms with Crippen molar-refractivity contribution in [3.63, 3.8) is 0 Å². The van der Waals surface area contributed by atoms with Crippen LogP contribution in [0.3, 0.4) is 0 Å². The molecule has 1 aromatic rings. The molecule has 1 saturated carbocycles. The molecule has 1 fully saturated rings. The first-order valence-electron chi connectivity index (χ1n) is 7.89. The summed E-state index contributed by atoms with van der Waals surface area (Å²) in [4.78, 5) is 0. The van der Waals surface area contributed by atoms with E-state index in [-0.39, 0.29) is 11.9 Å². The third kappa shape index (κ3) is 4.46. The largest absolute Gasteiger partial charge is 0.310 e. The zero-order valence-corrected chi connectivity index (χ0v) is 13.1. The van der Waals surface area contributed by atoms with Crippen molar-refractivity contribution in [2.75, 3.05) is 6.54 Å². The van der Waals surface area contributed by atoms with E-state index in [9.17, 15) is 4.39 Å².